The zero-order valence-electron chi connectivity index (χ0n) is 14.7. The van der Waals surface area contributed by atoms with E-state index in [1.54, 1.807) is 6.07 Å². The van der Waals surface area contributed by atoms with E-state index in [0.29, 0.717) is 18.1 Å². The van der Waals surface area contributed by atoms with E-state index in [4.69, 9.17) is 23.2 Å². The van der Waals surface area contributed by atoms with Crippen LogP contribution in [0, 0.1) is 0 Å². The van der Waals surface area contributed by atoms with Gasteiger partial charge in [-0.3, -0.25) is 9.69 Å². The number of sulfonamides is 1. The minimum atomic E-state index is -3.95. The van der Waals surface area contributed by atoms with Gasteiger partial charge in [-0.1, -0.05) is 29.3 Å². The van der Waals surface area contributed by atoms with Crippen LogP contribution in [0.1, 0.15) is 11.3 Å². The van der Waals surface area contributed by atoms with Gasteiger partial charge in [0.05, 0.1) is 11.4 Å². The average molecular weight is 438 g/mol. The van der Waals surface area contributed by atoms with E-state index in [1.807, 2.05) is 23.1 Å². The van der Waals surface area contributed by atoms with Crippen LogP contribution < -0.4 is 4.72 Å². The van der Waals surface area contributed by atoms with Gasteiger partial charge >= 0.3 is 0 Å². The Hall–Kier alpha value is -2.06. The second kappa shape index (κ2) is 7.40. The summed E-state index contributed by atoms with van der Waals surface area (Å²) in [5, 5.41) is 2.07. The van der Waals surface area contributed by atoms with Crippen molar-refractivity contribution in [2.45, 2.75) is 17.9 Å². The van der Waals surface area contributed by atoms with Gasteiger partial charge in [0.25, 0.3) is 10.0 Å². The first-order valence-corrected chi connectivity index (χ1v) is 10.9. The summed E-state index contributed by atoms with van der Waals surface area (Å²) in [5.41, 5.74) is 3.22. The molecule has 0 radical (unpaired) electrons. The predicted molar refractivity (Wildman–Crippen MR) is 109 cm³/mol. The number of amides is 1. The molecule has 3 aromatic rings. The molecule has 1 aliphatic rings. The van der Waals surface area contributed by atoms with Crippen LogP contribution in [0.4, 0.5) is 0 Å². The number of carbonyl (C=O) groups excluding carboxylic acids is 1. The fourth-order valence-electron chi connectivity index (χ4n) is 3.48. The molecule has 2 N–H and O–H groups in total. The van der Waals surface area contributed by atoms with Gasteiger partial charge < -0.3 is 4.98 Å². The van der Waals surface area contributed by atoms with E-state index < -0.39 is 15.9 Å². The van der Waals surface area contributed by atoms with Crippen LogP contribution in [0.2, 0.25) is 10.0 Å². The molecule has 2 aromatic carbocycles. The highest BCUT2D eigenvalue weighted by atomic mass is 35.5. The lowest BCUT2D eigenvalue weighted by Gasteiger charge is -2.26. The Bertz CT molecular complexity index is 1170. The monoisotopic (exact) mass is 437 g/mol. The second-order valence-electron chi connectivity index (χ2n) is 6.72. The fourth-order valence-corrected chi connectivity index (χ4v) is 4.93. The molecule has 28 heavy (non-hydrogen) atoms. The summed E-state index contributed by atoms with van der Waals surface area (Å²) < 4.78 is 26.8. The summed E-state index contributed by atoms with van der Waals surface area (Å²) in [7, 11) is -3.95. The Morgan fingerprint density at radius 2 is 1.93 bits per heavy atom. The molecule has 0 saturated heterocycles. The molecule has 0 fully saturated rings. The highest BCUT2D eigenvalue weighted by Crippen LogP contribution is 2.29. The van der Waals surface area contributed by atoms with Crippen molar-refractivity contribution in [3.05, 3.63) is 63.8 Å². The number of fused-ring (bicyclic) bond motifs is 3. The van der Waals surface area contributed by atoms with Crippen molar-refractivity contribution in [2.24, 2.45) is 0 Å². The minimum absolute atomic E-state index is 0.0185. The van der Waals surface area contributed by atoms with Crippen LogP contribution in [0.25, 0.3) is 10.9 Å². The summed E-state index contributed by atoms with van der Waals surface area (Å²) in [6.45, 7) is 1.17. The number of benzene rings is 2. The highest BCUT2D eigenvalue weighted by Gasteiger charge is 2.24. The standard InChI is InChI=1S/C19H17Cl2N3O3S/c20-12-2-1-3-14(8-12)28(26,27)23-19(25)11-24-7-6-15-16-9-13(21)4-5-17(16)22-18(15)10-24/h1-5,8-9,22H,6-7,10-11H2,(H,23,25). The van der Waals surface area contributed by atoms with E-state index >= 15 is 0 Å². The minimum Gasteiger partial charge on any atom is -0.357 e. The normalized spacial score (nSPS) is 14.8. The molecule has 0 spiro atoms. The van der Waals surface area contributed by atoms with Gasteiger partial charge in [0.2, 0.25) is 5.91 Å². The predicted octanol–water partition coefficient (Wildman–Crippen LogP) is 3.34. The van der Waals surface area contributed by atoms with Crippen LogP contribution in [-0.2, 0) is 27.8 Å². The van der Waals surface area contributed by atoms with Gasteiger partial charge in [-0.2, -0.15) is 0 Å². The quantitative estimate of drug-likeness (QED) is 0.655. The first-order chi connectivity index (χ1) is 13.3. The number of hydrogen-bond donors (Lipinski definition) is 2. The zero-order valence-corrected chi connectivity index (χ0v) is 17.0. The average Bonchev–Trinajstić information content (AvgIpc) is 2.98. The van der Waals surface area contributed by atoms with Crippen LogP contribution >= 0.6 is 23.2 Å². The summed E-state index contributed by atoms with van der Waals surface area (Å²) in [4.78, 5) is 17.5. The van der Waals surface area contributed by atoms with Crippen molar-refractivity contribution in [3.8, 4) is 0 Å². The third-order valence-corrected chi connectivity index (χ3v) is 6.58. The smallest absolute Gasteiger partial charge is 0.264 e. The number of nitrogens with zero attached hydrogens (tertiary/aromatic N) is 1. The van der Waals surface area contributed by atoms with Crippen molar-refractivity contribution in [3.63, 3.8) is 0 Å². The maximum atomic E-state index is 12.4. The number of H-pyrrole nitrogens is 1. The SMILES string of the molecule is O=C(CN1CCc2c([nH]c3ccc(Cl)cc23)C1)NS(=O)(=O)c1cccc(Cl)c1. The maximum Gasteiger partial charge on any atom is 0.264 e. The molecular formula is C19H17Cl2N3O3S. The third kappa shape index (κ3) is 3.89. The summed E-state index contributed by atoms with van der Waals surface area (Å²) in [6.07, 6.45) is 0.754. The molecule has 0 atom stereocenters. The van der Waals surface area contributed by atoms with Crippen molar-refractivity contribution in [1.29, 1.82) is 0 Å². The Morgan fingerprint density at radius 3 is 2.71 bits per heavy atom. The molecule has 0 saturated carbocycles. The van der Waals surface area contributed by atoms with Gasteiger partial charge in [-0.25, -0.2) is 13.1 Å². The molecule has 4 rings (SSSR count). The molecule has 1 aromatic heterocycles. The largest absolute Gasteiger partial charge is 0.357 e. The molecule has 0 aliphatic carbocycles. The van der Waals surface area contributed by atoms with Gasteiger partial charge in [0.1, 0.15) is 0 Å². The number of carbonyl (C=O) groups is 1. The molecule has 9 heteroatoms. The van der Waals surface area contributed by atoms with Crippen molar-refractivity contribution >= 4 is 50.0 Å². The lowest BCUT2D eigenvalue weighted by atomic mass is 10.0. The Morgan fingerprint density at radius 1 is 1.14 bits per heavy atom. The third-order valence-electron chi connectivity index (χ3n) is 4.74. The number of nitrogens with one attached hydrogen (secondary N) is 2. The number of aromatic amines is 1. The van der Waals surface area contributed by atoms with E-state index in [0.717, 1.165) is 23.0 Å². The highest BCUT2D eigenvalue weighted by molar-refractivity contribution is 7.90. The fraction of sp³-hybridized carbons (Fsp3) is 0.211. The topological polar surface area (TPSA) is 82.3 Å². The number of halogens is 2. The molecule has 146 valence electrons. The second-order valence-corrected chi connectivity index (χ2v) is 9.27. The number of aromatic nitrogens is 1. The van der Waals surface area contributed by atoms with Gasteiger partial charge in [-0.05, 0) is 48.4 Å². The molecule has 0 unspecified atom stereocenters. The Labute approximate surface area is 172 Å². The van der Waals surface area contributed by atoms with Crippen LogP contribution in [0.3, 0.4) is 0 Å². The van der Waals surface area contributed by atoms with Crippen LogP contribution in [-0.4, -0.2) is 37.3 Å². The molecule has 2 heterocycles. The van der Waals surface area contributed by atoms with E-state index in [2.05, 4.69) is 9.71 Å². The van der Waals surface area contributed by atoms with Crippen molar-refractivity contribution < 1.29 is 13.2 Å². The summed E-state index contributed by atoms with van der Waals surface area (Å²) in [5.74, 6) is -0.581. The first-order valence-electron chi connectivity index (χ1n) is 8.64. The number of rotatable bonds is 4. The molecule has 0 bridgehead atoms. The summed E-state index contributed by atoms with van der Waals surface area (Å²) >= 11 is 11.9. The van der Waals surface area contributed by atoms with E-state index in [-0.39, 0.29) is 16.5 Å². The van der Waals surface area contributed by atoms with Crippen molar-refractivity contribution in [1.82, 2.24) is 14.6 Å². The zero-order chi connectivity index (χ0) is 19.9. The maximum absolute atomic E-state index is 12.4. The molecule has 1 amide bonds. The molecule has 1 aliphatic heterocycles. The van der Waals surface area contributed by atoms with Gasteiger partial charge in [-0.15, -0.1) is 0 Å². The molecule has 6 nitrogen and oxygen atoms in total. The Kier molecular flexibility index (Phi) is 5.09. The van der Waals surface area contributed by atoms with Gasteiger partial charge in [0, 0.05) is 39.7 Å². The Balaban J connectivity index is 1.45. The van der Waals surface area contributed by atoms with Crippen molar-refractivity contribution in [2.75, 3.05) is 13.1 Å². The van der Waals surface area contributed by atoms with Gasteiger partial charge in [0.15, 0.2) is 0 Å². The number of hydrogen-bond acceptors (Lipinski definition) is 4. The lowest BCUT2D eigenvalue weighted by Crippen LogP contribution is -2.41. The summed E-state index contributed by atoms with van der Waals surface area (Å²) in [6, 6.07) is 11.5. The lowest BCUT2D eigenvalue weighted by molar-refractivity contribution is -0.120. The van der Waals surface area contributed by atoms with Crippen LogP contribution in [0.15, 0.2) is 47.4 Å². The molecular weight excluding hydrogens is 421 g/mol. The van der Waals surface area contributed by atoms with Crippen LogP contribution in [0.5, 0.6) is 0 Å². The van der Waals surface area contributed by atoms with E-state index in [1.165, 1.54) is 23.8 Å². The first kappa shape index (κ1) is 19.3. The van der Waals surface area contributed by atoms with E-state index in [9.17, 15) is 13.2 Å².